The van der Waals surface area contributed by atoms with E-state index in [9.17, 15) is 10.1 Å². The van der Waals surface area contributed by atoms with Crippen molar-refractivity contribution in [2.24, 2.45) is 0 Å². The standard InChI is InChI=1S/C9H10BrNO3/c1-6(2)14-8-5-3-4-7(10)9(8)11(12)13/h3-6H,1-2H3. The second kappa shape index (κ2) is 4.41. The Balaban J connectivity index is 3.14. The summed E-state index contributed by atoms with van der Waals surface area (Å²) in [4.78, 5) is 10.3. The number of halogens is 1. The van der Waals surface area contributed by atoms with Crippen LogP contribution in [0.1, 0.15) is 13.8 Å². The van der Waals surface area contributed by atoms with Crippen molar-refractivity contribution < 1.29 is 9.66 Å². The van der Waals surface area contributed by atoms with Crippen LogP contribution in [0.5, 0.6) is 5.75 Å². The second-order valence-electron chi connectivity index (χ2n) is 3.01. The maximum Gasteiger partial charge on any atom is 0.324 e. The normalized spacial score (nSPS) is 10.3. The molecule has 0 aliphatic carbocycles. The third-order valence-corrected chi connectivity index (χ3v) is 2.13. The molecule has 0 fully saturated rings. The highest BCUT2D eigenvalue weighted by molar-refractivity contribution is 9.10. The average molecular weight is 260 g/mol. The summed E-state index contributed by atoms with van der Waals surface area (Å²) in [6.45, 7) is 3.65. The Morgan fingerprint density at radius 2 is 2.14 bits per heavy atom. The molecule has 1 rings (SSSR count). The first kappa shape index (κ1) is 11.0. The lowest BCUT2D eigenvalue weighted by atomic mass is 10.3. The largest absolute Gasteiger partial charge is 0.484 e. The molecule has 0 saturated carbocycles. The van der Waals surface area contributed by atoms with E-state index in [-0.39, 0.29) is 11.8 Å². The van der Waals surface area contributed by atoms with E-state index in [0.29, 0.717) is 10.2 Å². The van der Waals surface area contributed by atoms with Crippen molar-refractivity contribution in [1.29, 1.82) is 0 Å². The smallest absolute Gasteiger partial charge is 0.324 e. The number of hydrogen-bond acceptors (Lipinski definition) is 3. The zero-order valence-corrected chi connectivity index (χ0v) is 9.45. The molecule has 0 aliphatic heterocycles. The van der Waals surface area contributed by atoms with Gasteiger partial charge in [-0.3, -0.25) is 10.1 Å². The van der Waals surface area contributed by atoms with Gasteiger partial charge in [-0.25, -0.2) is 0 Å². The number of nitro benzene ring substituents is 1. The average Bonchev–Trinajstić information content (AvgIpc) is 2.01. The Kier molecular flexibility index (Phi) is 3.46. The molecule has 0 atom stereocenters. The summed E-state index contributed by atoms with van der Waals surface area (Å²) in [6, 6.07) is 4.91. The van der Waals surface area contributed by atoms with Crippen LogP contribution in [0, 0.1) is 10.1 Å². The first-order valence-electron chi connectivity index (χ1n) is 4.12. The fourth-order valence-electron chi connectivity index (χ4n) is 1.02. The molecule has 0 aromatic heterocycles. The summed E-state index contributed by atoms with van der Waals surface area (Å²) < 4.78 is 5.75. The van der Waals surface area contributed by atoms with Gasteiger partial charge in [0.25, 0.3) is 0 Å². The minimum absolute atomic E-state index is 0.0267. The molecule has 5 heteroatoms. The number of ether oxygens (including phenoxy) is 1. The first-order valence-corrected chi connectivity index (χ1v) is 4.91. The molecule has 0 amide bonds. The van der Waals surface area contributed by atoms with E-state index in [1.807, 2.05) is 13.8 Å². The van der Waals surface area contributed by atoms with E-state index in [4.69, 9.17) is 4.74 Å². The number of rotatable bonds is 3. The van der Waals surface area contributed by atoms with E-state index in [1.54, 1.807) is 18.2 Å². The lowest BCUT2D eigenvalue weighted by Crippen LogP contribution is -2.07. The highest BCUT2D eigenvalue weighted by atomic mass is 79.9. The Morgan fingerprint density at radius 3 is 2.64 bits per heavy atom. The van der Waals surface area contributed by atoms with Crippen molar-refractivity contribution >= 4 is 21.6 Å². The molecule has 0 unspecified atom stereocenters. The number of hydrogen-bond donors (Lipinski definition) is 0. The van der Waals surface area contributed by atoms with E-state index in [2.05, 4.69) is 15.9 Å². The van der Waals surface area contributed by atoms with Gasteiger partial charge in [0.2, 0.25) is 0 Å². The summed E-state index contributed by atoms with van der Waals surface area (Å²) in [5.74, 6) is 0.291. The third-order valence-electron chi connectivity index (χ3n) is 1.50. The predicted octanol–water partition coefficient (Wildman–Crippen LogP) is 3.14. The van der Waals surface area contributed by atoms with Crippen LogP contribution in [0.25, 0.3) is 0 Å². The SMILES string of the molecule is CC(C)Oc1cccc(Br)c1[N+](=O)[O-]. The van der Waals surface area contributed by atoms with Crippen LogP contribution in [0.15, 0.2) is 22.7 Å². The predicted molar refractivity (Wildman–Crippen MR) is 56.6 cm³/mol. The zero-order chi connectivity index (χ0) is 10.7. The fraction of sp³-hybridized carbons (Fsp3) is 0.333. The first-order chi connectivity index (χ1) is 6.52. The van der Waals surface area contributed by atoms with E-state index >= 15 is 0 Å². The van der Waals surface area contributed by atoms with Crippen LogP contribution >= 0.6 is 15.9 Å². The van der Waals surface area contributed by atoms with Crippen molar-refractivity contribution in [1.82, 2.24) is 0 Å². The van der Waals surface area contributed by atoms with E-state index < -0.39 is 4.92 Å². The van der Waals surface area contributed by atoms with Gasteiger partial charge in [0.05, 0.1) is 15.5 Å². The van der Waals surface area contributed by atoms with Crippen LogP contribution in [0.3, 0.4) is 0 Å². The molecule has 0 heterocycles. The van der Waals surface area contributed by atoms with Crippen LogP contribution < -0.4 is 4.74 Å². The molecule has 0 N–H and O–H groups in total. The molecule has 0 radical (unpaired) electrons. The van der Waals surface area contributed by atoms with Gasteiger partial charge in [0, 0.05) is 0 Å². The molecular weight excluding hydrogens is 250 g/mol. The molecule has 0 spiro atoms. The number of para-hydroxylation sites is 1. The molecule has 76 valence electrons. The molecule has 1 aromatic carbocycles. The summed E-state index contributed by atoms with van der Waals surface area (Å²) in [6.07, 6.45) is -0.0806. The highest BCUT2D eigenvalue weighted by Crippen LogP contribution is 2.34. The van der Waals surface area contributed by atoms with Gasteiger partial charge in [-0.1, -0.05) is 6.07 Å². The Bertz CT molecular complexity index is 352. The summed E-state index contributed by atoms with van der Waals surface area (Å²) in [5.41, 5.74) is -0.0267. The topological polar surface area (TPSA) is 52.4 Å². The van der Waals surface area contributed by atoms with Gasteiger partial charge in [-0.05, 0) is 41.9 Å². The minimum Gasteiger partial charge on any atom is -0.484 e. The quantitative estimate of drug-likeness (QED) is 0.619. The summed E-state index contributed by atoms with van der Waals surface area (Å²) in [5, 5.41) is 10.7. The number of nitro groups is 1. The molecule has 4 nitrogen and oxygen atoms in total. The Labute approximate surface area is 90.2 Å². The minimum atomic E-state index is -0.457. The third kappa shape index (κ3) is 2.45. The highest BCUT2D eigenvalue weighted by Gasteiger charge is 2.19. The molecule has 0 saturated heterocycles. The zero-order valence-electron chi connectivity index (χ0n) is 7.86. The van der Waals surface area contributed by atoms with Crippen molar-refractivity contribution in [3.8, 4) is 5.75 Å². The second-order valence-corrected chi connectivity index (χ2v) is 3.86. The molecule has 0 aliphatic rings. The maximum absolute atomic E-state index is 10.7. The van der Waals surface area contributed by atoms with Crippen LogP contribution in [0.4, 0.5) is 5.69 Å². The van der Waals surface area contributed by atoms with Gasteiger partial charge < -0.3 is 4.74 Å². The van der Waals surface area contributed by atoms with E-state index in [1.165, 1.54) is 0 Å². The maximum atomic E-state index is 10.7. The number of benzene rings is 1. The van der Waals surface area contributed by atoms with Gasteiger partial charge in [0.1, 0.15) is 0 Å². The van der Waals surface area contributed by atoms with Crippen LogP contribution in [0.2, 0.25) is 0 Å². The lowest BCUT2D eigenvalue weighted by Gasteiger charge is -2.09. The van der Waals surface area contributed by atoms with Gasteiger partial charge in [-0.2, -0.15) is 0 Å². The van der Waals surface area contributed by atoms with Gasteiger partial charge >= 0.3 is 5.69 Å². The molecule has 0 bridgehead atoms. The Morgan fingerprint density at radius 1 is 1.50 bits per heavy atom. The molecular formula is C9H10BrNO3. The number of nitrogens with zero attached hydrogens (tertiary/aromatic N) is 1. The van der Waals surface area contributed by atoms with Crippen molar-refractivity contribution in [2.45, 2.75) is 20.0 Å². The van der Waals surface area contributed by atoms with Crippen molar-refractivity contribution in [3.63, 3.8) is 0 Å². The van der Waals surface area contributed by atoms with E-state index in [0.717, 1.165) is 0 Å². The van der Waals surface area contributed by atoms with Crippen LogP contribution in [-0.4, -0.2) is 11.0 Å². The van der Waals surface area contributed by atoms with Crippen molar-refractivity contribution in [3.05, 3.63) is 32.8 Å². The summed E-state index contributed by atoms with van der Waals surface area (Å²) >= 11 is 3.12. The summed E-state index contributed by atoms with van der Waals surface area (Å²) in [7, 11) is 0. The van der Waals surface area contributed by atoms with Gasteiger partial charge in [-0.15, -0.1) is 0 Å². The molecule has 14 heavy (non-hydrogen) atoms. The van der Waals surface area contributed by atoms with Gasteiger partial charge in [0.15, 0.2) is 5.75 Å². The van der Waals surface area contributed by atoms with Crippen molar-refractivity contribution in [2.75, 3.05) is 0 Å². The monoisotopic (exact) mass is 259 g/mol. The van der Waals surface area contributed by atoms with Crippen LogP contribution in [-0.2, 0) is 0 Å². The lowest BCUT2D eigenvalue weighted by molar-refractivity contribution is -0.386. The molecule has 1 aromatic rings. The Hall–Kier alpha value is -1.10. The fourth-order valence-corrected chi connectivity index (χ4v) is 1.51.